The van der Waals surface area contributed by atoms with Crippen molar-refractivity contribution in [1.82, 2.24) is 0 Å². The third-order valence-electron chi connectivity index (χ3n) is 2.87. The van der Waals surface area contributed by atoms with Crippen molar-refractivity contribution in [2.45, 2.75) is 33.6 Å². The highest BCUT2D eigenvalue weighted by molar-refractivity contribution is 6.34. The van der Waals surface area contributed by atoms with Crippen LogP contribution in [0.5, 0.6) is 0 Å². The average Bonchev–Trinajstić information content (AvgIpc) is 2.43. The van der Waals surface area contributed by atoms with Gasteiger partial charge >= 0.3 is 11.9 Å². The molecule has 0 unspecified atom stereocenters. The van der Waals surface area contributed by atoms with E-state index in [0.29, 0.717) is 12.5 Å². The molecule has 0 amide bonds. The average molecular weight is 313 g/mol. The third kappa shape index (κ3) is 5.38. The SMILES string of the molecule is CCOC(=O)c1c(Cl)cccc1C(=O)OCCCC(C)C. The van der Waals surface area contributed by atoms with E-state index < -0.39 is 11.9 Å². The van der Waals surface area contributed by atoms with Gasteiger partial charge in [-0.25, -0.2) is 9.59 Å². The van der Waals surface area contributed by atoms with E-state index in [0.717, 1.165) is 12.8 Å². The summed E-state index contributed by atoms with van der Waals surface area (Å²) in [5.41, 5.74) is 0.209. The molecule has 21 heavy (non-hydrogen) atoms. The molecule has 0 spiro atoms. The second-order valence-corrected chi connectivity index (χ2v) is 5.46. The Labute approximate surface area is 130 Å². The van der Waals surface area contributed by atoms with Crippen LogP contribution in [0.25, 0.3) is 0 Å². The van der Waals surface area contributed by atoms with Gasteiger partial charge in [-0.15, -0.1) is 0 Å². The summed E-state index contributed by atoms with van der Waals surface area (Å²) in [7, 11) is 0. The first-order valence-electron chi connectivity index (χ1n) is 7.10. The van der Waals surface area contributed by atoms with Crippen LogP contribution in [-0.4, -0.2) is 25.2 Å². The standard InChI is InChI=1S/C16H21ClO4/c1-4-20-16(19)14-12(8-5-9-13(14)17)15(18)21-10-6-7-11(2)3/h5,8-9,11H,4,6-7,10H2,1-3H3. The van der Waals surface area contributed by atoms with Gasteiger partial charge in [0.1, 0.15) is 0 Å². The maximum Gasteiger partial charge on any atom is 0.340 e. The molecule has 1 aromatic rings. The van der Waals surface area contributed by atoms with Gasteiger partial charge < -0.3 is 9.47 Å². The van der Waals surface area contributed by atoms with E-state index in [-0.39, 0.29) is 22.8 Å². The number of ether oxygens (including phenoxy) is 2. The molecule has 0 N–H and O–H groups in total. The topological polar surface area (TPSA) is 52.6 Å². The minimum Gasteiger partial charge on any atom is -0.462 e. The third-order valence-corrected chi connectivity index (χ3v) is 3.19. The Morgan fingerprint density at radius 1 is 1.19 bits per heavy atom. The highest BCUT2D eigenvalue weighted by Gasteiger charge is 2.22. The summed E-state index contributed by atoms with van der Waals surface area (Å²) in [5.74, 6) is -0.605. The number of esters is 2. The number of carbonyl (C=O) groups excluding carboxylic acids is 2. The van der Waals surface area contributed by atoms with E-state index in [1.165, 1.54) is 6.07 Å². The van der Waals surface area contributed by atoms with Crippen LogP contribution in [0.2, 0.25) is 5.02 Å². The fourth-order valence-electron chi connectivity index (χ4n) is 1.84. The quantitative estimate of drug-likeness (QED) is 0.561. The van der Waals surface area contributed by atoms with Gasteiger partial charge in [0.05, 0.1) is 29.4 Å². The lowest BCUT2D eigenvalue weighted by atomic mass is 10.1. The summed E-state index contributed by atoms with van der Waals surface area (Å²) in [6, 6.07) is 4.67. The number of halogens is 1. The zero-order valence-electron chi connectivity index (χ0n) is 12.6. The molecule has 1 aromatic carbocycles. The number of hydrogen-bond acceptors (Lipinski definition) is 4. The predicted octanol–water partition coefficient (Wildman–Crippen LogP) is 4.11. The fraction of sp³-hybridized carbons (Fsp3) is 0.500. The molecule has 0 heterocycles. The van der Waals surface area contributed by atoms with Gasteiger partial charge in [-0.3, -0.25) is 0 Å². The van der Waals surface area contributed by atoms with Gasteiger partial charge in [0.25, 0.3) is 0 Å². The molecular weight excluding hydrogens is 292 g/mol. The zero-order valence-corrected chi connectivity index (χ0v) is 13.4. The number of benzene rings is 1. The number of rotatable bonds is 7. The van der Waals surface area contributed by atoms with Crippen LogP contribution in [0.3, 0.4) is 0 Å². The summed E-state index contributed by atoms with van der Waals surface area (Å²) in [6.45, 7) is 6.45. The van der Waals surface area contributed by atoms with Crippen molar-refractivity contribution < 1.29 is 19.1 Å². The highest BCUT2D eigenvalue weighted by atomic mass is 35.5. The van der Waals surface area contributed by atoms with Crippen molar-refractivity contribution in [2.24, 2.45) is 5.92 Å². The summed E-state index contributed by atoms with van der Waals surface area (Å²) in [5, 5.41) is 0.185. The van der Waals surface area contributed by atoms with Crippen molar-refractivity contribution in [3.8, 4) is 0 Å². The van der Waals surface area contributed by atoms with Gasteiger partial charge in [-0.1, -0.05) is 31.5 Å². The lowest BCUT2D eigenvalue weighted by Gasteiger charge is -2.11. The summed E-state index contributed by atoms with van der Waals surface area (Å²) in [6.07, 6.45) is 1.77. The van der Waals surface area contributed by atoms with Crippen LogP contribution in [0.1, 0.15) is 54.3 Å². The van der Waals surface area contributed by atoms with Crippen LogP contribution in [0.4, 0.5) is 0 Å². The smallest absolute Gasteiger partial charge is 0.340 e. The summed E-state index contributed by atoms with van der Waals surface area (Å²) >= 11 is 6.00. The van der Waals surface area contributed by atoms with Gasteiger partial charge in [0, 0.05) is 0 Å². The molecule has 0 bridgehead atoms. The molecule has 0 aliphatic carbocycles. The Kier molecular flexibility index (Phi) is 7.23. The van der Waals surface area contributed by atoms with Crippen LogP contribution in [-0.2, 0) is 9.47 Å². The van der Waals surface area contributed by atoms with E-state index in [2.05, 4.69) is 13.8 Å². The van der Waals surface area contributed by atoms with Gasteiger partial charge in [-0.05, 0) is 37.8 Å². The van der Waals surface area contributed by atoms with E-state index in [4.69, 9.17) is 21.1 Å². The largest absolute Gasteiger partial charge is 0.462 e. The van der Waals surface area contributed by atoms with Crippen molar-refractivity contribution in [2.75, 3.05) is 13.2 Å². The molecule has 5 heteroatoms. The highest BCUT2D eigenvalue weighted by Crippen LogP contribution is 2.22. The maximum atomic E-state index is 12.1. The Balaban J connectivity index is 2.79. The second kappa shape index (κ2) is 8.67. The Morgan fingerprint density at radius 3 is 2.52 bits per heavy atom. The molecule has 0 fully saturated rings. The van der Waals surface area contributed by atoms with Crippen molar-refractivity contribution in [3.63, 3.8) is 0 Å². The molecule has 0 radical (unpaired) electrons. The molecule has 1 rings (SSSR count). The first kappa shape index (κ1) is 17.5. The molecule has 4 nitrogen and oxygen atoms in total. The van der Waals surface area contributed by atoms with Crippen molar-refractivity contribution >= 4 is 23.5 Å². The Hall–Kier alpha value is -1.55. The normalized spacial score (nSPS) is 10.5. The molecule has 0 saturated carbocycles. The van der Waals surface area contributed by atoms with E-state index >= 15 is 0 Å². The van der Waals surface area contributed by atoms with E-state index in [1.54, 1.807) is 19.1 Å². The van der Waals surface area contributed by atoms with Gasteiger partial charge in [0.15, 0.2) is 0 Å². The molecule has 0 aliphatic rings. The van der Waals surface area contributed by atoms with Gasteiger partial charge in [0.2, 0.25) is 0 Å². The van der Waals surface area contributed by atoms with E-state index in [9.17, 15) is 9.59 Å². The number of carbonyl (C=O) groups is 2. The lowest BCUT2D eigenvalue weighted by Crippen LogP contribution is -2.15. The van der Waals surface area contributed by atoms with E-state index in [1.807, 2.05) is 0 Å². The second-order valence-electron chi connectivity index (χ2n) is 5.05. The molecule has 0 aliphatic heterocycles. The van der Waals surface area contributed by atoms with Crippen LogP contribution < -0.4 is 0 Å². The molecule has 0 saturated heterocycles. The molecule has 116 valence electrons. The number of hydrogen-bond donors (Lipinski definition) is 0. The van der Waals surface area contributed by atoms with Crippen LogP contribution >= 0.6 is 11.6 Å². The van der Waals surface area contributed by atoms with Crippen LogP contribution in [0.15, 0.2) is 18.2 Å². The summed E-state index contributed by atoms with van der Waals surface area (Å²) in [4.78, 5) is 24.0. The van der Waals surface area contributed by atoms with Crippen molar-refractivity contribution in [1.29, 1.82) is 0 Å². The lowest BCUT2D eigenvalue weighted by molar-refractivity contribution is 0.0461. The minimum atomic E-state index is -0.614. The first-order valence-corrected chi connectivity index (χ1v) is 7.47. The van der Waals surface area contributed by atoms with Gasteiger partial charge in [-0.2, -0.15) is 0 Å². The first-order chi connectivity index (χ1) is 9.97. The van der Waals surface area contributed by atoms with Crippen molar-refractivity contribution in [3.05, 3.63) is 34.3 Å². The molecule has 0 atom stereocenters. The Bertz CT molecular complexity index is 497. The molecular formula is C16H21ClO4. The predicted molar refractivity (Wildman–Crippen MR) is 81.8 cm³/mol. The van der Waals surface area contributed by atoms with Crippen LogP contribution in [0, 0.1) is 5.92 Å². The molecule has 0 aromatic heterocycles. The monoisotopic (exact) mass is 312 g/mol. The Morgan fingerprint density at radius 2 is 1.90 bits per heavy atom. The zero-order chi connectivity index (χ0) is 15.8. The fourth-order valence-corrected chi connectivity index (χ4v) is 2.09. The minimum absolute atomic E-state index is 0.0647. The summed E-state index contributed by atoms with van der Waals surface area (Å²) < 4.78 is 10.1. The maximum absolute atomic E-state index is 12.1.